The highest BCUT2D eigenvalue weighted by Gasteiger charge is 2.62. The molecule has 0 bridgehead atoms. The van der Waals surface area contributed by atoms with Crippen molar-refractivity contribution in [3.8, 4) is 0 Å². The van der Waals surface area contributed by atoms with Crippen molar-refractivity contribution >= 4 is 0 Å². The smallest absolute Gasteiger partial charge is 0.0866 e. The third kappa shape index (κ3) is 1.02. The molecule has 82 valence electrons. The molecular weight excluding hydrogens is 188 g/mol. The molecule has 2 nitrogen and oxygen atoms in total. The second kappa shape index (κ2) is 2.96. The highest BCUT2D eigenvalue weighted by molar-refractivity contribution is 5.23. The Kier molecular flexibility index (Phi) is 1.89. The summed E-state index contributed by atoms with van der Waals surface area (Å²) in [5.41, 5.74) is 0.0608. The molecule has 0 heterocycles. The van der Waals surface area contributed by atoms with Gasteiger partial charge < -0.3 is 10.2 Å². The summed E-state index contributed by atoms with van der Waals surface area (Å²) in [6.45, 7) is 0. The number of aliphatic hydroxyl groups excluding tert-OH is 2. The fourth-order valence-electron chi connectivity index (χ4n) is 4.02. The molecule has 1 saturated carbocycles. The first kappa shape index (κ1) is 9.61. The molecule has 0 unspecified atom stereocenters. The predicted molar refractivity (Wildman–Crippen MR) is 58.2 cm³/mol. The fraction of sp³-hybridized carbons (Fsp3) is 0.692. The van der Waals surface area contributed by atoms with Gasteiger partial charge in [0.2, 0.25) is 0 Å². The van der Waals surface area contributed by atoms with Crippen molar-refractivity contribution < 1.29 is 10.2 Å². The molecule has 15 heavy (non-hydrogen) atoms. The van der Waals surface area contributed by atoms with Gasteiger partial charge in [-0.25, -0.2) is 0 Å². The van der Waals surface area contributed by atoms with Gasteiger partial charge in [0, 0.05) is 5.41 Å². The average molecular weight is 206 g/mol. The molecular formula is C13H18O2. The molecule has 0 saturated heterocycles. The second-order valence-corrected chi connectivity index (χ2v) is 5.41. The van der Waals surface area contributed by atoms with Crippen LogP contribution in [-0.4, -0.2) is 22.4 Å². The van der Waals surface area contributed by atoms with Crippen LogP contribution in [0.1, 0.15) is 32.1 Å². The van der Waals surface area contributed by atoms with Crippen LogP contribution in [0.25, 0.3) is 0 Å². The van der Waals surface area contributed by atoms with Gasteiger partial charge >= 0.3 is 0 Å². The molecule has 3 aliphatic rings. The van der Waals surface area contributed by atoms with Crippen LogP contribution in [0, 0.1) is 10.8 Å². The normalized spacial score (nSPS) is 52.7. The minimum Gasteiger partial charge on any atom is -0.390 e. The standard InChI is InChI=1S/C13H18O2/c14-10-9-12-5-1-3-7-13(12,11(10)15)8-4-2-6-12/h1-4,10-11,14-15H,5-9H2/t10-,11+,12?,13?/m0/s1. The quantitative estimate of drug-likeness (QED) is 0.593. The zero-order valence-electron chi connectivity index (χ0n) is 8.89. The van der Waals surface area contributed by atoms with E-state index in [1.54, 1.807) is 0 Å². The Morgan fingerprint density at radius 3 is 1.93 bits per heavy atom. The first-order chi connectivity index (χ1) is 7.20. The predicted octanol–water partition coefficient (Wildman–Crippen LogP) is 1.78. The van der Waals surface area contributed by atoms with E-state index in [-0.39, 0.29) is 10.8 Å². The van der Waals surface area contributed by atoms with E-state index >= 15 is 0 Å². The van der Waals surface area contributed by atoms with Crippen LogP contribution in [-0.2, 0) is 0 Å². The molecule has 3 rings (SSSR count). The monoisotopic (exact) mass is 206 g/mol. The molecule has 2 atom stereocenters. The SMILES string of the molecule is O[C@@H]1[C@@H](O)CC23CC=CCC12CC=CC3. The maximum atomic E-state index is 10.3. The Bertz CT molecular complexity index is 311. The van der Waals surface area contributed by atoms with Crippen LogP contribution in [0.15, 0.2) is 24.3 Å². The van der Waals surface area contributed by atoms with Crippen LogP contribution in [0.3, 0.4) is 0 Å². The van der Waals surface area contributed by atoms with E-state index in [0.29, 0.717) is 0 Å². The van der Waals surface area contributed by atoms with Crippen molar-refractivity contribution in [2.24, 2.45) is 10.8 Å². The molecule has 0 aromatic carbocycles. The maximum absolute atomic E-state index is 10.3. The summed E-state index contributed by atoms with van der Waals surface area (Å²) in [4.78, 5) is 0. The fourth-order valence-corrected chi connectivity index (χ4v) is 4.02. The van der Waals surface area contributed by atoms with Gasteiger partial charge in [-0.3, -0.25) is 0 Å². The van der Waals surface area contributed by atoms with Gasteiger partial charge in [-0.2, -0.15) is 0 Å². The molecule has 0 aromatic rings. The summed E-state index contributed by atoms with van der Waals surface area (Å²) in [7, 11) is 0. The molecule has 3 aliphatic carbocycles. The van der Waals surface area contributed by atoms with E-state index in [2.05, 4.69) is 24.3 Å². The van der Waals surface area contributed by atoms with E-state index in [0.717, 1.165) is 32.1 Å². The van der Waals surface area contributed by atoms with Crippen molar-refractivity contribution in [1.82, 2.24) is 0 Å². The van der Waals surface area contributed by atoms with E-state index < -0.39 is 12.2 Å². The molecule has 2 N–H and O–H groups in total. The van der Waals surface area contributed by atoms with Crippen LogP contribution in [0.2, 0.25) is 0 Å². The highest BCUT2D eigenvalue weighted by Crippen LogP contribution is 2.64. The van der Waals surface area contributed by atoms with Gasteiger partial charge in [0.1, 0.15) is 0 Å². The lowest BCUT2D eigenvalue weighted by Gasteiger charge is -2.50. The van der Waals surface area contributed by atoms with Gasteiger partial charge in [0.05, 0.1) is 12.2 Å². The van der Waals surface area contributed by atoms with Crippen molar-refractivity contribution in [3.05, 3.63) is 24.3 Å². The number of allylic oxidation sites excluding steroid dienone is 4. The van der Waals surface area contributed by atoms with Crippen molar-refractivity contribution in [2.75, 3.05) is 0 Å². The molecule has 0 amide bonds. The molecule has 1 fully saturated rings. The first-order valence-electron chi connectivity index (χ1n) is 5.86. The third-order valence-electron chi connectivity index (χ3n) is 4.90. The topological polar surface area (TPSA) is 40.5 Å². The molecule has 0 aliphatic heterocycles. The Morgan fingerprint density at radius 2 is 1.40 bits per heavy atom. The zero-order valence-corrected chi connectivity index (χ0v) is 8.89. The largest absolute Gasteiger partial charge is 0.390 e. The van der Waals surface area contributed by atoms with Gasteiger partial charge in [0.25, 0.3) is 0 Å². The summed E-state index contributed by atoms with van der Waals surface area (Å²) >= 11 is 0. The Hall–Kier alpha value is -0.600. The Balaban J connectivity index is 2.10. The van der Waals surface area contributed by atoms with Gasteiger partial charge in [-0.05, 0) is 37.5 Å². The summed E-state index contributed by atoms with van der Waals surface area (Å²) in [5.74, 6) is 0. The summed E-state index contributed by atoms with van der Waals surface area (Å²) in [5, 5.41) is 20.2. The van der Waals surface area contributed by atoms with E-state index in [9.17, 15) is 10.2 Å². The van der Waals surface area contributed by atoms with Gasteiger partial charge in [-0.15, -0.1) is 0 Å². The minimum absolute atomic E-state index is 0.0735. The van der Waals surface area contributed by atoms with E-state index in [1.807, 2.05) is 0 Å². The number of aliphatic hydroxyl groups is 2. The van der Waals surface area contributed by atoms with Crippen LogP contribution in [0.4, 0.5) is 0 Å². The maximum Gasteiger partial charge on any atom is 0.0866 e. The Labute approximate surface area is 90.3 Å². The van der Waals surface area contributed by atoms with Gasteiger partial charge in [-0.1, -0.05) is 24.3 Å². The Morgan fingerprint density at radius 1 is 0.867 bits per heavy atom. The summed E-state index contributed by atoms with van der Waals surface area (Å²) in [6.07, 6.45) is 12.4. The van der Waals surface area contributed by atoms with Crippen LogP contribution >= 0.6 is 0 Å². The third-order valence-corrected chi connectivity index (χ3v) is 4.90. The number of hydrogen-bond donors (Lipinski definition) is 2. The van der Waals surface area contributed by atoms with E-state index in [1.165, 1.54) is 0 Å². The van der Waals surface area contributed by atoms with Crippen LogP contribution in [0.5, 0.6) is 0 Å². The molecule has 2 heteroatoms. The lowest BCUT2D eigenvalue weighted by atomic mass is 9.54. The summed E-state index contributed by atoms with van der Waals surface area (Å²) < 4.78 is 0. The number of rotatable bonds is 0. The van der Waals surface area contributed by atoms with Crippen molar-refractivity contribution in [2.45, 2.75) is 44.3 Å². The van der Waals surface area contributed by atoms with Gasteiger partial charge in [0.15, 0.2) is 0 Å². The van der Waals surface area contributed by atoms with Crippen LogP contribution < -0.4 is 0 Å². The lowest BCUT2D eigenvalue weighted by molar-refractivity contribution is -0.0560. The number of hydrogen-bond acceptors (Lipinski definition) is 2. The molecule has 0 radical (unpaired) electrons. The van der Waals surface area contributed by atoms with Crippen molar-refractivity contribution in [1.29, 1.82) is 0 Å². The first-order valence-corrected chi connectivity index (χ1v) is 5.86. The molecule has 0 spiro atoms. The molecule has 0 aromatic heterocycles. The zero-order chi connectivity index (χ0) is 10.5. The lowest BCUT2D eigenvalue weighted by Crippen LogP contribution is -2.46. The highest BCUT2D eigenvalue weighted by atomic mass is 16.3. The second-order valence-electron chi connectivity index (χ2n) is 5.41. The summed E-state index contributed by atoms with van der Waals surface area (Å²) in [6, 6.07) is 0. The minimum atomic E-state index is -0.535. The van der Waals surface area contributed by atoms with Crippen molar-refractivity contribution in [3.63, 3.8) is 0 Å². The van der Waals surface area contributed by atoms with E-state index in [4.69, 9.17) is 0 Å². The average Bonchev–Trinajstić information content (AvgIpc) is 2.49.